The zero-order valence-corrected chi connectivity index (χ0v) is 16.3. The van der Waals surface area contributed by atoms with Crippen LogP contribution in [-0.4, -0.2) is 20.7 Å². The number of nitriles is 1. The van der Waals surface area contributed by atoms with Crippen molar-refractivity contribution in [2.24, 2.45) is 7.05 Å². The number of aryl methyl sites for hydroxylation is 4. The molecule has 6 heteroatoms. The number of nitrogens with zero attached hydrogens (tertiary/aromatic N) is 4. The van der Waals surface area contributed by atoms with E-state index in [4.69, 9.17) is 0 Å². The summed E-state index contributed by atoms with van der Waals surface area (Å²) in [6.45, 7) is 5.89. The normalized spacial score (nSPS) is 11.2. The Bertz CT molecular complexity index is 1080. The third-order valence-corrected chi connectivity index (χ3v) is 4.39. The van der Waals surface area contributed by atoms with Gasteiger partial charge in [0.05, 0.1) is 5.69 Å². The highest BCUT2D eigenvalue weighted by molar-refractivity contribution is 6.10. The van der Waals surface area contributed by atoms with E-state index >= 15 is 0 Å². The van der Waals surface area contributed by atoms with Crippen LogP contribution in [0.5, 0.6) is 0 Å². The number of pyridine rings is 1. The Kier molecular flexibility index (Phi) is 5.37. The minimum atomic E-state index is -0.443. The molecular weight excluding hydrogens is 350 g/mol. The summed E-state index contributed by atoms with van der Waals surface area (Å²) in [6, 6.07) is 9.69. The van der Waals surface area contributed by atoms with Crippen molar-refractivity contribution in [2.45, 2.75) is 20.8 Å². The van der Waals surface area contributed by atoms with Crippen molar-refractivity contribution in [3.63, 3.8) is 0 Å². The topological polar surface area (TPSA) is 83.6 Å². The molecule has 0 saturated heterocycles. The highest BCUT2D eigenvalue weighted by atomic mass is 16.1. The number of rotatable bonds is 4. The molecule has 1 N–H and O–H groups in total. The second-order valence-electron chi connectivity index (χ2n) is 6.74. The number of carbonyl (C=O) groups is 1. The molecule has 0 bridgehead atoms. The van der Waals surface area contributed by atoms with Crippen molar-refractivity contribution in [1.29, 1.82) is 5.26 Å². The standard InChI is InChI=1S/C22H21N5O/c1-14-9-15(2)20(16(3)10-14)25-22(28)18(12-23)11-19-13-27(4)26-21(19)17-5-7-24-8-6-17/h5-11,13H,1-4H3,(H,25,28)/b18-11-. The van der Waals surface area contributed by atoms with Crippen molar-refractivity contribution in [2.75, 3.05) is 5.32 Å². The first kappa shape index (κ1) is 19.1. The summed E-state index contributed by atoms with van der Waals surface area (Å²) in [6.07, 6.45) is 6.70. The lowest BCUT2D eigenvalue weighted by atomic mass is 10.0. The summed E-state index contributed by atoms with van der Waals surface area (Å²) in [5.74, 6) is -0.443. The Hall–Kier alpha value is -3.72. The van der Waals surface area contributed by atoms with Crippen LogP contribution in [0.4, 0.5) is 5.69 Å². The zero-order valence-electron chi connectivity index (χ0n) is 16.3. The summed E-state index contributed by atoms with van der Waals surface area (Å²) < 4.78 is 1.66. The van der Waals surface area contributed by atoms with Crippen molar-refractivity contribution in [3.05, 3.63) is 70.7 Å². The van der Waals surface area contributed by atoms with Crippen LogP contribution < -0.4 is 5.32 Å². The molecule has 0 aliphatic carbocycles. The molecule has 0 aliphatic heterocycles. The molecule has 1 amide bonds. The fourth-order valence-corrected chi connectivity index (χ4v) is 3.21. The molecule has 3 aromatic rings. The van der Waals surface area contributed by atoms with Gasteiger partial charge in [0.25, 0.3) is 5.91 Å². The lowest BCUT2D eigenvalue weighted by Gasteiger charge is -2.12. The van der Waals surface area contributed by atoms with Gasteiger partial charge in [-0.05, 0) is 50.1 Å². The molecule has 0 spiro atoms. The van der Waals surface area contributed by atoms with Gasteiger partial charge in [-0.2, -0.15) is 10.4 Å². The highest BCUT2D eigenvalue weighted by Crippen LogP contribution is 2.25. The van der Waals surface area contributed by atoms with Crippen molar-refractivity contribution in [1.82, 2.24) is 14.8 Å². The number of hydrogen-bond donors (Lipinski definition) is 1. The maximum Gasteiger partial charge on any atom is 0.266 e. The number of carbonyl (C=O) groups excluding carboxylic acids is 1. The van der Waals surface area contributed by atoms with Crippen LogP contribution in [0.2, 0.25) is 0 Å². The van der Waals surface area contributed by atoms with Crippen LogP contribution in [0.3, 0.4) is 0 Å². The first-order valence-corrected chi connectivity index (χ1v) is 8.84. The van der Waals surface area contributed by atoms with Gasteiger partial charge < -0.3 is 5.32 Å². The van der Waals surface area contributed by atoms with Gasteiger partial charge in [-0.25, -0.2) is 0 Å². The summed E-state index contributed by atoms with van der Waals surface area (Å²) in [7, 11) is 1.80. The van der Waals surface area contributed by atoms with E-state index in [0.29, 0.717) is 11.3 Å². The quantitative estimate of drug-likeness (QED) is 0.556. The van der Waals surface area contributed by atoms with Gasteiger partial charge >= 0.3 is 0 Å². The molecule has 6 nitrogen and oxygen atoms in total. The highest BCUT2D eigenvalue weighted by Gasteiger charge is 2.15. The van der Waals surface area contributed by atoms with E-state index in [-0.39, 0.29) is 5.57 Å². The zero-order chi connectivity index (χ0) is 20.3. The van der Waals surface area contributed by atoms with Crippen molar-refractivity contribution < 1.29 is 4.79 Å². The average Bonchev–Trinajstić information content (AvgIpc) is 3.03. The van der Waals surface area contributed by atoms with Gasteiger partial charge in [0.1, 0.15) is 11.6 Å². The summed E-state index contributed by atoms with van der Waals surface area (Å²) in [5.41, 5.74) is 6.04. The molecule has 28 heavy (non-hydrogen) atoms. The molecule has 0 atom stereocenters. The molecule has 0 fully saturated rings. The predicted octanol–water partition coefficient (Wildman–Crippen LogP) is 3.95. The van der Waals surface area contributed by atoms with E-state index in [1.807, 2.05) is 51.1 Å². The third kappa shape index (κ3) is 3.99. The Morgan fingerprint density at radius 1 is 1.18 bits per heavy atom. The van der Waals surface area contributed by atoms with E-state index in [1.165, 1.54) is 0 Å². The number of amides is 1. The van der Waals surface area contributed by atoms with Crippen LogP contribution >= 0.6 is 0 Å². The lowest BCUT2D eigenvalue weighted by Crippen LogP contribution is -2.15. The molecule has 0 aliphatic rings. The number of nitrogens with one attached hydrogen (secondary N) is 1. The third-order valence-electron chi connectivity index (χ3n) is 4.39. The maximum absolute atomic E-state index is 12.8. The van der Waals surface area contributed by atoms with E-state index < -0.39 is 5.91 Å². The second kappa shape index (κ2) is 7.89. The molecule has 0 unspecified atom stereocenters. The maximum atomic E-state index is 12.8. The van der Waals surface area contributed by atoms with Gasteiger partial charge in [-0.1, -0.05) is 17.7 Å². The van der Waals surface area contributed by atoms with Crippen LogP contribution in [0, 0.1) is 32.1 Å². The van der Waals surface area contributed by atoms with Crippen LogP contribution in [-0.2, 0) is 11.8 Å². The molecular formula is C22H21N5O. The average molecular weight is 371 g/mol. The largest absolute Gasteiger partial charge is 0.321 e. The van der Waals surface area contributed by atoms with Crippen molar-refractivity contribution in [3.8, 4) is 17.3 Å². The minimum absolute atomic E-state index is 0.0164. The first-order chi connectivity index (χ1) is 13.4. The minimum Gasteiger partial charge on any atom is -0.321 e. The number of hydrogen-bond acceptors (Lipinski definition) is 4. The fourth-order valence-electron chi connectivity index (χ4n) is 3.21. The molecule has 2 aromatic heterocycles. The number of aromatic nitrogens is 3. The molecule has 0 radical (unpaired) electrons. The predicted molar refractivity (Wildman–Crippen MR) is 109 cm³/mol. The monoisotopic (exact) mass is 371 g/mol. The van der Waals surface area contributed by atoms with E-state index in [2.05, 4.69) is 15.4 Å². The molecule has 140 valence electrons. The number of benzene rings is 1. The second-order valence-corrected chi connectivity index (χ2v) is 6.74. The Labute approximate surface area is 164 Å². The molecule has 3 rings (SSSR count). The molecule has 1 aromatic carbocycles. The molecule has 0 saturated carbocycles. The van der Waals surface area contributed by atoms with E-state index in [9.17, 15) is 10.1 Å². The van der Waals surface area contributed by atoms with Crippen molar-refractivity contribution >= 4 is 17.7 Å². The van der Waals surface area contributed by atoms with E-state index in [1.54, 1.807) is 36.4 Å². The van der Waals surface area contributed by atoms with Crippen LogP contribution in [0.15, 0.2) is 48.4 Å². The Balaban J connectivity index is 1.96. The van der Waals surface area contributed by atoms with Gasteiger partial charge in [0.15, 0.2) is 0 Å². The SMILES string of the molecule is Cc1cc(C)c(NC(=O)/C(C#N)=C\c2cn(C)nc2-c2ccncc2)c(C)c1. The first-order valence-electron chi connectivity index (χ1n) is 8.84. The summed E-state index contributed by atoms with van der Waals surface area (Å²) in [5, 5.41) is 16.9. The smallest absolute Gasteiger partial charge is 0.266 e. The Morgan fingerprint density at radius 2 is 1.82 bits per heavy atom. The van der Waals surface area contributed by atoms with Gasteiger partial charge in [-0.15, -0.1) is 0 Å². The molecule has 2 heterocycles. The van der Waals surface area contributed by atoms with E-state index in [0.717, 1.165) is 27.9 Å². The van der Waals surface area contributed by atoms with Gasteiger partial charge in [-0.3, -0.25) is 14.5 Å². The summed E-state index contributed by atoms with van der Waals surface area (Å²) >= 11 is 0. The fraction of sp³-hybridized carbons (Fsp3) is 0.182. The lowest BCUT2D eigenvalue weighted by molar-refractivity contribution is -0.112. The van der Waals surface area contributed by atoms with Gasteiger partial charge in [0.2, 0.25) is 0 Å². The number of anilines is 1. The van der Waals surface area contributed by atoms with Crippen LogP contribution in [0.25, 0.3) is 17.3 Å². The Morgan fingerprint density at radius 3 is 2.43 bits per heavy atom. The summed E-state index contributed by atoms with van der Waals surface area (Å²) in [4.78, 5) is 16.8. The van der Waals surface area contributed by atoms with Gasteiger partial charge in [0, 0.05) is 42.5 Å². The van der Waals surface area contributed by atoms with Crippen LogP contribution in [0.1, 0.15) is 22.3 Å².